The van der Waals surface area contributed by atoms with Crippen LogP contribution < -0.4 is 33.2 Å². The Morgan fingerprint density at radius 2 is 1.23 bits per heavy atom. The van der Waals surface area contributed by atoms with Crippen molar-refractivity contribution in [3.8, 4) is 0 Å². The predicted molar refractivity (Wildman–Crippen MR) is 124 cm³/mol. The molecule has 0 aliphatic carbocycles. The van der Waals surface area contributed by atoms with Gasteiger partial charge in [-0.3, -0.25) is 28.8 Å². The van der Waals surface area contributed by atoms with Crippen molar-refractivity contribution in [3.63, 3.8) is 0 Å². The van der Waals surface area contributed by atoms with Crippen LogP contribution in [0.1, 0.15) is 38.5 Å². The van der Waals surface area contributed by atoms with E-state index in [2.05, 4.69) is 16.0 Å². The zero-order valence-electron chi connectivity index (χ0n) is 19.2. The van der Waals surface area contributed by atoms with Crippen LogP contribution in [0.3, 0.4) is 0 Å². The highest BCUT2D eigenvalue weighted by atomic mass is 32.2. The Labute approximate surface area is 205 Å². The van der Waals surface area contributed by atoms with Crippen LogP contribution in [-0.2, 0) is 33.6 Å². The number of thioether (sulfide) groups is 1. The Balaban J connectivity index is 5.54. The largest absolute Gasteiger partial charge is 0.481 e. The second-order valence-corrected chi connectivity index (χ2v) is 8.50. The number of primary amides is 2. The first kappa shape index (κ1) is 31.6. The average Bonchev–Trinajstić information content (AvgIpc) is 2.75. The summed E-state index contributed by atoms with van der Waals surface area (Å²) in [6.45, 7) is 0. The second-order valence-electron chi connectivity index (χ2n) is 7.52. The van der Waals surface area contributed by atoms with Crippen molar-refractivity contribution < 1.29 is 43.8 Å². The van der Waals surface area contributed by atoms with E-state index in [1.165, 1.54) is 11.8 Å². The predicted octanol–water partition coefficient (Wildman–Crippen LogP) is -3.39. The molecule has 198 valence electrons. The summed E-state index contributed by atoms with van der Waals surface area (Å²) in [5.41, 5.74) is 15.7. The van der Waals surface area contributed by atoms with Crippen molar-refractivity contribution in [1.29, 1.82) is 0 Å². The maximum atomic E-state index is 12.7. The Morgan fingerprint density at radius 3 is 1.71 bits per heavy atom. The molecule has 0 saturated heterocycles. The minimum atomic E-state index is -1.67. The van der Waals surface area contributed by atoms with Gasteiger partial charge in [-0.2, -0.15) is 11.8 Å². The van der Waals surface area contributed by atoms with Crippen LogP contribution >= 0.6 is 11.8 Å². The Bertz CT molecular complexity index is 810. The molecule has 0 aliphatic heterocycles. The molecule has 0 saturated carbocycles. The monoisotopic (exact) mass is 520 g/mol. The van der Waals surface area contributed by atoms with Crippen molar-refractivity contribution in [1.82, 2.24) is 16.0 Å². The highest BCUT2D eigenvalue weighted by Gasteiger charge is 2.31. The van der Waals surface area contributed by atoms with E-state index in [9.17, 15) is 38.7 Å². The highest BCUT2D eigenvalue weighted by Crippen LogP contribution is 2.05. The number of aliphatic carboxylic acids is 2. The molecule has 0 fully saturated rings. The number of carboxylic acids is 2. The second kappa shape index (κ2) is 16.3. The molecule has 0 rings (SSSR count). The topological polar surface area (TPSA) is 274 Å². The standard InChI is InChI=1S/C19H32N6O9S/c1-35-7-6-11(19(33)34)24-17(31)10(3-5-14(22)27)23-18(32)12(8-15(28)29)25-16(30)9(20)2-4-13(21)26/h9-12H,2-8,20H2,1H3,(H2,21,26)(H2,22,27)(H,23,32)(H,24,31)(H,25,30)(H,28,29)(H,33,34). The summed E-state index contributed by atoms with van der Waals surface area (Å²) in [6, 6.07) is -5.67. The zero-order chi connectivity index (χ0) is 27.1. The lowest BCUT2D eigenvalue weighted by Crippen LogP contribution is -2.57. The van der Waals surface area contributed by atoms with Crippen LogP contribution in [0.15, 0.2) is 0 Å². The van der Waals surface area contributed by atoms with Gasteiger partial charge in [0.05, 0.1) is 12.5 Å². The molecule has 0 spiro atoms. The minimum absolute atomic E-state index is 0.0830. The van der Waals surface area contributed by atoms with E-state index in [1.807, 2.05) is 0 Å². The van der Waals surface area contributed by atoms with Crippen LogP contribution in [0.5, 0.6) is 0 Å². The molecule has 0 aromatic rings. The normalized spacial score (nSPS) is 14.0. The van der Waals surface area contributed by atoms with E-state index < -0.39 is 72.1 Å². The molecule has 35 heavy (non-hydrogen) atoms. The van der Waals surface area contributed by atoms with Crippen molar-refractivity contribution in [2.45, 2.75) is 62.7 Å². The summed E-state index contributed by atoms with van der Waals surface area (Å²) in [5, 5.41) is 25.0. The first-order valence-electron chi connectivity index (χ1n) is 10.4. The molecule has 4 unspecified atom stereocenters. The molecule has 0 radical (unpaired) electrons. The summed E-state index contributed by atoms with van der Waals surface area (Å²) in [6.07, 6.45) is -0.0922. The molecule has 0 heterocycles. The summed E-state index contributed by atoms with van der Waals surface area (Å²) in [4.78, 5) is 82.3. The van der Waals surface area contributed by atoms with Gasteiger partial charge < -0.3 is 43.4 Å². The molecule has 4 atom stereocenters. The summed E-state index contributed by atoms with van der Waals surface area (Å²) in [5.74, 6) is -6.84. The van der Waals surface area contributed by atoms with Crippen LogP contribution in [0.25, 0.3) is 0 Å². The number of carbonyl (C=O) groups excluding carboxylic acids is 5. The maximum Gasteiger partial charge on any atom is 0.326 e. The van der Waals surface area contributed by atoms with Gasteiger partial charge in [0, 0.05) is 12.8 Å². The third kappa shape index (κ3) is 13.8. The third-order valence-electron chi connectivity index (χ3n) is 4.59. The number of amides is 5. The van der Waals surface area contributed by atoms with Gasteiger partial charge >= 0.3 is 11.9 Å². The van der Waals surface area contributed by atoms with E-state index in [-0.39, 0.29) is 32.1 Å². The Hall–Kier alpha value is -3.40. The molecule has 0 bridgehead atoms. The van der Waals surface area contributed by atoms with Gasteiger partial charge in [-0.25, -0.2) is 4.79 Å². The average molecular weight is 521 g/mol. The van der Waals surface area contributed by atoms with E-state index >= 15 is 0 Å². The first-order valence-corrected chi connectivity index (χ1v) is 11.8. The number of hydrogen-bond donors (Lipinski definition) is 8. The molecule has 16 heteroatoms. The first-order chi connectivity index (χ1) is 16.3. The van der Waals surface area contributed by atoms with E-state index in [4.69, 9.17) is 22.3 Å². The van der Waals surface area contributed by atoms with Crippen LogP contribution in [0.4, 0.5) is 0 Å². The van der Waals surface area contributed by atoms with Crippen LogP contribution in [0, 0.1) is 0 Å². The lowest BCUT2D eigenvalue weighted by Gasteiger charge is -2.24. The van der Waals surface area contributed by atoms with Crippen molar-refractivity contribution in [2.24, 2.45) is 17.2 Å². The molecule has 11 N–H and O–H groups in total. The van der Waals surface area contributed by atoms with Crippen molar-refractivity contribution in [2.75, 3.05) is 12.0 Å². The van der Waals surface area contributed by atoms with Gasteiger partial charge in [0.15, 0.2) is 0 Å². The fourth-order valence-corrected chi connectivity index (χ4v) is 3.16. The minimum Gasteiger partial charge on any atom is -0.481 e. The fraction of sp³-hybridized carbons (Fsp3) is 0.632. The number of carboxylic acid groups (broad SMARTS) is 2. The van der Waals surface area contributed by atoms with Gasteiger partial charge in [-0.15, -0.1) is 0 Å². The molecular formula is C19H32N6O9S. The number of rotatable bonds is 18. The molecule has 15 nitrogen and oxygen atoms in total. The van der Waals surface area contributed by atoms with Gasteiger partial charge in [0.1, 0.15) is 18.1 Å². The van der Waals surface area contributed by atoms with E-state index in [0.29, 0.717) is 5.75 Å². The van der Waals surface area contributed by atoms with Crippen LogP contribution in [0.2, 0.25) is 0 Å². The number of nitrogens with two attached hydrogens (primary N) is 3. The van der Waals surface area contributed by atoms with Gasteiger partial charge in [-0.1, -0.05) is 0 Å². The smallest absolute Gasteiger partial charge is 0.326 e. The number of nitrogens with one attached hydrogen (secondary N) is 3. The highest BCUT2D eigenvalue weighted by molar-refractivity contribution is 7.98. The van der Waals surface area contributed by atoms with Crippen molar-refractivity contribution in [3.05, 3.63) is 0 Å². The van der Waals surface area contributed by atoms with Gasteiger partial charge in [0.2, 0.25) is 29.5 Å². The summed E-state index contributed by atoms with van der Waals surface area (Å²) < 4.78 is 0. The van der Waals surface area contributed by atoms with Gasteiger partial charge in [0.25, 0.3) is 0 Å². The van der Waals surface area contributed by atoms with E-state index in [1.54, 1.807) is 6.26 Å². The quantitative estimate of drug-likeness (QED) is 0.0882. The molecular weight excluding hydrogens is 488 g/mol. The Kier molecular flexibility index (Phi) is 14.7. The zero-order valence-corrected chi connectivity index (χ0v) is 20.0. The van der Waals surface area contributed by atoms with E-state index in [0.717, 1.165) is 0 Å². The Morgan fingerprint density at radius 1 is 0.743 bits per heavy atom. The third-order valence-corrected chi connectivity index (χ3v) is 5.23. The fourth-order valence-electron chi connectivity index (χ4n) is 2.68. The van der Waals surface area contributed by atoms with Crippen LogP contribution in [-0.4, -0.2) is 87.9 Å². The molecule has 0 aromatic carbocycles. The summed E-state index contributed by atoms with van der Waals surface area (Å²) in [7, 11) is 0. The number of carbonyl (C=O) groups is 7. The lowest BCUT2D eigenvalue weighted by atomic mass is 10.1. The molecule has 0 aromatic heterocycles. The molecule has 0 aliphatic rings. The van der Waals surface area contributed by atoms with Gasteiger partial charge in [-0.05, 0) is 31.3 Å². The van der Waals surface area contributed by atoms with Crippen molar-refractivity contribution >= 4 is 53.2 Å². The molecule has 5 amide bonds. The number of hydrogen-bond acceptors (Lipinski definition) is 9. The lowest BCUT2D eigenvalue weighted by molar-refractivity contribution is -0.143. The maximum absolute atomic E-state index is 12.7. The summed E-state index contributed by atoms with van der Waals surface area (Å²) >= 11 is 1.35. The SMILES string of the molecule is CSCCC(NC(=O)C(CCC(N)=O)NC(=O)C(CC(=O)O)NC(=O)C(N)CCC(N)=O)C(=O)O.